The van der Waals surface area contributed by atoms with Gasteiger partial charge in [0.1, 0.15) is 11.5 Å². The molecule has 58 heavy (non-hydrogen) atoms. The molecule has 0 radical (unpaired) electrons. The van der Waals surface area contributed by atoms with Gasteiger partial charge in [0.25, 0.3) is 11.8 Å². The molecule has 2 aliphatic rings. The summed E-state index contributed by atoms with van der Waals surface area (Å²) in [6.45, 7) is 6.94. The van der Waals surface area contributed by atoms with E-state index >= 15 is 4.79 Å². The van der Waals surface area contributed by atoms with Gasteiger partial charge in [0.2, 0.25) is 5.91 Å². The molecule has 300 valence electrons. The fraction of sp³-hybridized carbons (Fsp3) is 0.312. The number of para-hydroxylation sites is 1. The van der Waals surface area contributed by atoms with Gasteiger partial charge in [-0.15, -0.1) is 0 Å². The molecule has 0 bridgehead atoms. The van der Waals surface area contributed by atoms with Gasteiger partial charge in [0.15, 0.2) is 5.60 Å². The molecule has 5 aromatic rings. The predicted octanol–water partition coefficient (Wildman–Crippen LogP) is 7.74. The van der Waals surface area contributed by atoms with E-state index in [9.17, 15) is 14.7 Å². The van der Waals surface area contributed by atoms with Gasteiger partial charge in [-0.05, 0) is 76.7 Å². The van der Waals surface area contributed by atoms with Crippen molar-refractivity contribution in [3.05, 3.63) is 155 Å². The number of ether oxygens (including phenoxy) is 3. The number of nitrogens with one attached hydrogen (secondary N) is 1. The minimum Gasteiger partial charge on any atom is -0.497 e. The Morgan fingerprint density at radius 3 is 2.16 bits per heavy atom. The Balaban J connectivity index is 1.22. The second kappa shape index (κ2) is 16.9. The maximum atomic E-state index is 15.3. The minimum atomic E-state index is -1.38. The summed E-state index contributed by atoms with van der Waals surface area (Å²) in [6.07, 6.45) is -0.626. The highest BCUT2D eigenvalue weighted by Crippen LogP contribution is 2.60. The molecule has 0 unspecified atom stereocenters. The Hall–Kier alpha value is -5.97. The van der Waals surface area contributed by atoms with Crippen molar-refractivity contribution in [2.45, 2.75) is 57.4 Å². The molecule has 5 aromatic carbocycles. The van der Waals surface area contributed by atoms with Gasteiger partial charge in [-0.1, -0.05) is 93.6 Å². The summed E-state index contributed by atoms with van der Waals surface area (Å²) in [5.74, 6) is 0.124. The second-order valence-electron chi connectivity index (χ2n) is 15.7. The molecule has 10 heteroatoms. The lowest BCUT2D eigenvalue weighted by Gasteiger charge is -2.39. The molecule has 0 aliphatic carbocycles. The standard InChI is InChI=1S/C48H51N3O7/c1-32-44(47(2,3)36-20-24-39(57-5)25-21-36)42(29-43(53)50(26-27-52)30-33-12-7-6-8-13-33)58-48(32)40-16-9-10-17-41(40)51(46(48)55)31-34-14-11-15-37(28-34)49-45(54)35-18-22-38(56-4)23-19-35/h6-25,28,32,42,44,52H,26-27,29-31H2,1-5H3,(H,49,54)/t32-,42+,44-,48+/m0/s1. The molecule has 1 saturated heterocycles. The molecular formula is C48H51N3O7. The van der Waals surface area contributed by atoms with Crippen LogP contribution in [-0.2, 0) is 38.4 Å². The minimum absolute atomic E-state index is 0.0224. The lowest BCUT2D eigenvalue weighted by Crippen LogP contribution is -2.45. The smallest absolute Gasteiger partial charge is 0.264 e. The monoisotopic (exact) mass is 781 g/mol. The summed E-state index contributed by atoms with van der Waals surface area (Å²) in [5.41, 5.74) is 3.47. The van der Waals surface area contributed by atoms with Crippen LogP contribution in [0.3, 0.4) is 0 Å². The number of aliphatic hydroxyl groups is 1. The van der Waals surface area contributed by atoms with Crippen molar-refractivity contribution in [1.29, 1.82) is 0 Å². The number of hydrogen-bond donors (Lipinski definition) is 2. The molecule has 4 atom stereocenters. The van der Waals surface area contributed by atoms with E-state index < -0.39 is 17.1 Å². The first-order valence-electron chi connectivity index (χ1n) is 19.7. The number of benzene rings is 5. The average Bonchev–Trinajstić information content (AvgIpc) is 3.67. The van der Waals surface area contributed by atoms with Gasteiger partial charge in [0.05, 0.1) is 45.6 Å². The molecule has 1 fully saturated rings. The molecule has 2 aliphatic heterocycles. The predicted molar refractivity (Wildman–Crippen MR) is 224 cm³/mol. The maximum absolute atomic E-state index is 15.3. The number of amides is 3. The first-order chi connectivity index (χ1) is 28.0. The largest absolute Gasteiger partial charge is 0.497 e. The van der Waals surface area contributed by atoms with E-state index in [-0.39, 0.29) is 55.7 Å². The lowest BCUT2D eigenvalue weighted by atomic mass is 9.63. The van der Waals surface area contributed by atoms with Crippen LogP contribution in [0.5, 0.6) is 11.5 Å². The van der Waals surface area contributed by atoms with Crippen molar-refractivity contribution in [2.24, 2.45) is 11.8 Å². The van der Waals surface area contributed by atoms with Gasteiger partial charge in [-0.3, -0.25) is 14.4 Å². The van der Waals surface area contributed by atoms with Crippen LogP contribution in [0.25, 0.3) is 0 Å². The maximum Gasteiger partial charge on any atom is 0.264 e. The number of methoxy groups -OCH3 is 2. The van der Waals surface area contributed by atoms with E-state index in [4.69, 9.17) is 14.2 Å². The highest BCUT2D eigenvalue weighted by atomic mass is 16.5. The third-order valence-corrected chi connectivity index (χ3v) is 11.9. The Bertz CT molecular complexity index is 2240. The number of rotatable bonds is 14. The topological polar surface area (TPSA) is 118 Å². The normalized spacial score (nSPS) is 19.9. The number of carbonyl (C=O) groups excluding carboxylic acids is 3. The number of carbonyl (C=O) groups is 3. The van der Waals surface area contributed by atoms with Crippen molar-refractivity contribution in [3.8, 4) is 11.5 Å². The van der Waals surface area contributed by atoms with Crippen LogP contribution in [0.2, 0.25) is 0 Å². The fourth-order valence-corrected chi connectivity index (χ4v) is 9.02. The number of nitrogens with zero attached hydrogens (tertiary/aromatic N) is 2. The van der Waals surface area contributed by atoms with Crippen LogP contribution in [-0.4, -0.2) is 61.2 Å². The van der Waals surface area contributed by atoms with Crippen LogP contribution in [0.4, 0.5) is 11.4 Å². The van der Waals surface area contributed by atoms with Gasteiger partial charge in [-0.25, -0.2) is 0 Å². The first-order valence-corrected chi connectivity index (χ1v) is 19.7. The highest BCUT2D eigenvalue weighted by Gasteiger charge is 2.66. The molecule has 10 nitrogen and oxygen atoms in total. The van der Waals surface area contributed by atoms with Gasteiger partial charge >= 0.3 is 0 Å². The summed E-state index contributed by atoms with van der Waals surface area (Å²) in [6, 6.07) is 39.8. The molecule has 3 amide bonds. The highest BCUT2D eigenvalue weighted by molar-refractivity contribution is 6.08. The third kappa shape index (κ3) is 7.69. The zero-order chi connectivity index (χ0) is 41.0. The van der Waals surface area contributed by atoms with E-state index in [2.05, 4.69) is 26.1 Å². The van der Waals surface area contributed by atoms with Crippen LogP contribution in [0.15, 0.2) is 127 Å². The summed E-state index contributed by atoms with van der Waals surface area (Å²) >= 11 is 0. The average molecular weight is 782 g/mol. The first kappa shape index (κ1) is 40.2. The quantitative estimate of drug-likeness (QED) is 0.118. The van der Waals surface area contributed by atoms with Crippen molar-refractivity contribution >= 4 is 29.1 Å². The van der Waals surface area contributed by atoms with Gasteiger partial charge < -0.3 is 34.4 Å². The second-order valence-corrected chi connectivity index (χ2v) is 15.7. The summed E-state index contributed by atoms with van der Waals surface area (Å²) < 4.78 is 17.9. The number of aliphatic hydroxyl groups excluding tert-OH is 1. The summed E-state index contributed by atoms with van der Waals surface area (Å²) in [5, 5.41) is 13.0. The molecular weight excluding hydrogens is 731 g/mol. The SMILES string of the molecule is COc1ccc(C(=O)Nc2cccc(CN3C(=O)[C@]4(O[C@H](CC(=O)N(CCO)Cc5ccccc5)[C@@H](C(C)(C)c5ccc(OC)cc5)[C@@H]4C)c4ccccc43)c2)cc1. The summed E-state index contributed by atoms with van der Waals surface area (Å²) in [4.78, 5) is 46.2. The molecule has 2 heterocycles. The van der Waals surface area contributed by atoms with Crippen molar-refractivity contribution in [3.63, 3.8) is 0 Å². The van der Waals surface area contributed by atoms with E-state index in [0.717, 1.165) is 33.7 Å². The lowest BCUT2D eigenvalue weighted by molar-refractivity contribution is -0.150. The Labute approximate surface area is 340 Å². The molecule has 0 aromatic heterocycles. The Morgan fingerprint density at radius 1 is 0.845 bits per heavy atom. The van der Waals surface area contributed by atoms with Crippen molar-refractivity contribution < 1.29 is 33.7 Å². The Kier molecular flexibility index (Phi) is 11.7. The van der Waals surface area contributed by atoms with Gasteiger partial charge in [-0.2, -0.15) is 0 Å². The Morgan fingerprint density at radius 2 is 1.48 bits per heavy atom. The molecule has 0 saturated carbocycles. The zero-order valence-electron chi connectivity index (χ0n) is 33.7. The van der Waals surface area contributed by atoms with E-state index in [1.807, 2.05) is 103 Å². The molecule has 7 rings (SSSR count). The number of fused-ring (bicyclic) bond motifs is 2. The number of anilines is 2. The van der Waals surface area contributed by atoms with Gasteiger partial charge in [0, 0.05) is 41.7 Å². The van der Waals surface area contributed by atoms with Crippen LogP contribution < -0.4 is 19.7 Å². The van der Waals surface area contributed by atoms with Crippen LogP contribution >= 0.6 is 0 Å². The zero-order valence-corrected chi connectivity index (χ0v) is 33.7. The van der Waals surface area contributed by atoms with Crippen LogP contribution in [0.1, 0.15) is 59.8 Å². The van der Waals surface area contributed by atoms with Crippen molar-refractivity contribution in [2.75, 3.05) is 37.6 Å². The van der Waals surface area contributed by atoms with E-state index in [0.29, 0.717) is 23.5 Å². The van der Waals surface area contributed by atoms with E-state index in [1.54, 1.807) is 48.3 Å². The third-order valence-electron chi connectivity index (χ3n) is 11.9. The van der Waals surface area contributed by atoms with Crippen molar-refractivity contribution in [1.82, 2.24) is 4.90 Å². The number of hydrogen-bond acceptors (Lipinski definition) is 7. The molecule has 2 N–H and O–H groups in total. The fourth-order valence-electron chi connectivity index (χ4n) is 9.02. The van der Waals surface area contributed by atoms with Crippen LogP contribution in [0, 0.1) is 11.8 Å². The summed E-state index contributed by atoms with van der Waals surface area (Å²) in [7, 11) is 3.21. The van der Waals surface area contributed by atoms with E-state index in [1.165, 1.54) is 0 Å². The molecule has 1 spiro atoms.